The molecule has 0 saturated heterocycles. The van der Waals surface area contributed by atoms with Gasteiger partial charge in [-0.1, -0.05) is 0 Å². The van der Waals surface area contributed by atoms with Gasteiger partial charge in [0.25, 0.3) is 5.91 Å². The van der Waals surface area contributed by atoms with Gasteiger partial charge >= 0.3 is 0 Å². The molecule has 26 heavy (non-hydrogen) atoms. The molecule has 0 bridgehead atoms. The number of fused-ring (bicyclic) bond motifs is 1. The third-order valence-electron chi connectivity index (χ3n) is 4.55. The fourth-order valence-corrected chi connectivity index (χ4v) is 3.00. The number of hydrogen-bond acceptors (Lipinski definition) is 4. The highest BCUT2D eigenvalue weighted by Gasteiger charge is 2.43. The standard InChI is InChI=1S/C20H20FNO4/c1-11(23)13-6-9-16-15(10-13)17(18(24)20(2,3)26-16)22-19(25)12-4-7-14(21)8-5-12/h4-10,17-18,24H,1-3H3,(H,22,25)/t17-,18+/m0/s1. The number of nitrogens with one attached hydrogen (secondary N) is 1. The van der Waals surface area contributed by atoms with Crippen molar-refractivity contribution < 1.29 is 23.8 Å². The first kappa shape index (κ1) is 18.1. The number of carbonyl (C=O) groups excluding carboxylic acids is 2. The maximum absolute atomic E-state index is 13.1. The number of halogens is 1. The SMILES string of the molecule is CC(=O)c1ccc2c(c1)[C@H](NC(=O)c1ccc(F)cc1)[C@@H](O)C(C)(C)O2. The molecular formula is C20H20FNO4. The number of carbonyl (C=O) groups is 2. The van der Waals surface area contributed by atoms with E-state index in [2.05, 4.69) is 5.32 Å². The quantitative estimate of drug-likeness (QED) is 0.828. The molecule has 2 aromatic carbocycles. The minimum Gasteiger partial charge on any atom is -0.485 e. The van der Waals surface area contributed by atoms with E-state index >= 15 is 0 Å². The van der Waals surface area contributed by atoms with Crippen molar-refractivity contribution in [1.82, 2.24) is 5.32 Å². The highest BCUT2D eigenvalue weighted by atomic mass is 19.1. The number of amides is 1. The Kier molecular flexibility index (Phi) is 4.54. The van der Waals surface area contributed by atoms with E-state index in [9.17, 15) is 19.1 Å². The summed E-state index contributed by atoms with van der Waals surface area (Å²) in [7, 11) is 0. The Morgan fingerprint density at radius 3 is 2.35 bits per heavy atom. The molecule has 2 aromatic rings. The Balaban J connectivity index is 1.99. The van der Waals surface area contributed by atoms with Crippen molar-refractivity contribution in [3.63, 3.8) is 0 Å². The predicted molar refractivity (Wildman–Crippen MR) is 93.8 cm³/mol. The molecule has 1 aliphatic heterocycles. The number of benzene rings is 2. The van der Waals surface area contributed by atoms with Crippen molar-refractivity contribution in [3.05, 3.63) is 65.0 Å². The molecule has 0 fully saturated rings. The van der Waals surface area contributed by atoms with Crippen molar-refractivity contribution in [3.8, 4) is 5.75 Å². The molecule has 1 aliphatic rings. The van der Waals surface area contributed by atoms with Gasteiger partial charge in [-0.15, -0.1) is 0 Å². The average molecular weight is 357 g/mol. The first-order valence-corrected chi connectivity index (χ1v) is 8.27. The molecule has 1 heterocycles. The van der Waals surface area contributed by atoms with Gasteiger partial charge in [-0.3, -0.25) is 9.59 Å². The van der Waals surface area contributed by atoms with Crippen LogP contribution in [-0.4, -0.2) is 28.5 Å². The van der Waals surface area contributed by atoms with Crippen molar-refractivity contribution in [2.24, 2.45) is 0 Å². The zero-order valence-electron chi connectivity index (χ0n) is 14.7. The van der Waals surface area contributed by atoms with Crippen LogP contribution in [0.1, 0.15) is 53.1 Å². The predicted octanol–water partition coefficient (Wildman–Crippen LogP) is 3.03. The summed E-state index contributed by atoms with van der Waals surface area (Å²) in [6.45, 7) is 4.88. The van der Waals surface area contributed by atoms with Crippen LogP contribution in [0.15, 0.2) is 42.5 Å². The largest absolute Gasteiger partial charge is 0.485 e. The van der Waals surface area contributed by atoms with E-state index in [1.165, 1.54) is 31.2 Å². The van der Waals surface area contributed by atoms with Crippen LogP contribution in [0.4, 0.5) is 4.39 Å². The second kappa shape index (κ2) is 6.53. The summed E-state index contributed by atoms with van der Waals surface area (Å²) in [4.78, 5) is 24.3. The topological polar surface area (TPSA) is 75.6 Å². The summed E-state index contributed by atoms with van der Waals surface area (Å²) >= 11 is 0. The molecular weight excluding hydrogens is 337 g/mol. The van der Waals surface area contributed by atoms with Gasteiger partial charge in [0.15, 0.2) is 5.78 Å². The lowest BCUT2D eigenvalue weighted by molar-refractivity contribution is -0.0627. The molecule has 0 saturated carbocycles. The molecule has 6 heteroatoms. The van der Waals surface area contributed by atoms with Crippen molar-refractivity contribution >= 4 is 11.7 Å². The summed E-state index contributed by atoms with van der Waals surface area (Å²) < 4.78 is 18.9. The lowest BCUT2D eigenvalue weighted by Crippen LogP contribution is -2.53. The molecule has 2 atom stereocenters. The monoisotopic (exact) mass is 357 g/mol. The molecule has 0 unspecified atom stereocenters. The van der Waals surface area contributed by atoms with Crippen LogP contribution in [0.3, 0.4) is 0 Å². The van der Waals surface area contributed by atoms with Crippen LogP contribution in [-0.2, 0) is 0 Å². The number of aliphatic hydroxyl groups is 1. The summed E-state index contributed by atoms with van der Waals surface area (Å²) in [6, 6.07) is 9.28. The van der Waals surface area contributed by atoms with E-state index in [0.29, 0.717) is 16.9 Å². The highest BCUT2D eigenvalue weighted by molar-refractivity contribution is 5.95. The molecule has 0 spiro atoms. The van der Waals surface area contributed by atoms with Crippen LogP contribution in [0.2, 0.25) is 0 Å². The van der Waals surface area contributed by atoms with Gasteiger partial charge < -0.3 is 15.2 Å². The van der Waals surface area contributed by atoms with Crippen LogP contribution in [0, 0.1) is 5.82 Å². The maximum Gasteiger partial charge on any atom is 0.251 e. The average Bonchev–Trinajstić information content (AvgIpc) is 2.58. The second-order valence-corrected chi connectivity index (χ2v) is 6.92. The summed E-state index contributed by atoms with van der Waals surface area (Å²) in [6.07, 6.45) is -1.04. The summed E-state index contributed by atoms with van der Waals surface area (Å²) in [5.41, 5.74) is 0.318. The lowest BCUT2D eigenvalue weighted by Gasteiger charge is -2.42. The fraction of sp³-hybridized carbons (Fsp3) is 0.300. The van der Waals surface area contributed by atoms with Gasteiger partial charge in [-0.2, -0.15) is 0 Å². The number of rotatable bonds is 3. The lowest BCUT2D eigenvalue weighted by atomic mass is 9.85. The molecule has 2 N–H and O–H groups in total. The first-order chi connectivity index (χ1) is 12.2. The summed E-state index contributed by atoms with van der Waals surface area (Å²) in [5.74, 6) is -0.526. The Bertz CT molecular complexity index is 861. The van der Waals surface area contributed by atoms with E-state index in [1.807, 2.05) is 0 Å². The number of Topliss-reactive ketones (excluding diaryl/α,β-unsaturated/α-hetero) is 1. The third-order valence-corrected chi connectivity index (χ3v) is 4.55. The van der Waals surface area contributed by atoms with E-state index in [4.69, 9.17) is 4.74 Å². The summed E-state index contributed by atoms with van der Waals surface area (Å²) in [5, 5.41) is 13.5. The van der Waals surface area contributed by atoms with Crippen LogP contribution in [0.5, 0.6) is 5.75 Å². The van der Waals surface area contributed by atoms with Gasteiger partial charge in [0, 0.05) is 16.7 Å². The van der Waals surface area contributed by atoms with E-state index in [1.54, 1.807) is 32.0 Å². The van der Waals surface area contributed by atoms with Crippen molar-refractivity contribution in [1.29, 1.82) is 0 Å². The zero-order valence-corrected chi connectivity index (χ0v) is 14.7. The van der Waals surface area contributed by atoms with Crippen molar-refractivity contribution in [2.75, 3.05) is 0 Å². The number of hydrogen-bond donors (Lipinski definition) is 2. The van der Waals surface area contributed by atoms with E-state index < -0.39 is 29.5 Å². The van der Waals surface area contributed by atoms with Crippen LogP contribution < -0.4 is 10.1 Å². The van der Waals surface area contributed by atoms with E-state index in [-0.39, 0.29) is 11.3 Å². The molecule has 5 nitrogen and oxygen atoms in total. The Hall–Kier alpha value is -2.73. The highest BCUT2D eigenvalue weighted by Crippen LogP contribution is 2.40. The Morgan fingerprint density at radius 2 is 1.73 bits per heavy atom. The number of ketones is 1. The Morgan fingerprint density at radius 1 is 1.12 bits per heavy atom. The van der Waals surface area contributed by atoms with Gasteiger partial charge in [-0.05, 0) is 63.2 Å². The van der Waals surface area contributed by atoms with Crippen LogP contribution in [0.25, 0.3) is 0 Å². The molecule has 0 aliphatic carbocycles. The van der Waals surface area contributed by atoms with Gasteiger partial charge in [-0.25, -0.2) is 4.39 Å². The van der Waals surface area contributed by atoms with Crippen LogP contribution >= 0.6 is 0 Å². The zero-order chi connectivity index (χ0) is 19.1. The molecule has 3 rings (SSSR count). The minimum absolute atomic E-state index is 0.129. The van der Waals surface area contributed by atoms with Gasteiger partial charge in [0.1, 0.15) is 23.3 Å². The second-order valence-electron chi connectivity index (χ2n) is 6.92. The Labute approximate surface area is 150 Å². The fourth-order valence-electron chi connectivity index (χ4n) is 3.00. The normalized spacial score (nSPS) is 20.7. The van der Waals surface area contributed by atoms with Gasteiger partial charge in [0.2, 0.25) is 0 Å². The number of aliphatic hydroxyl groups excluding tert-OH is 1. The maximum atomic E-state index is 13.1. The molecule has 1 amide bonds. The first-order valence-electron chi connectivity index (χ1n) is 8.27. The third kappa shape index (κ3) is 3.32. The molecule has 136 valence electrons. The smallest absolute Gasteiger partial charge is 0.251 e. The van der Waals surface area contributed by atoms with Crippen molar-refractivity contribution in [2.45, 2.75) is 38.5 Å². The number of ether oxygens (including phenoxy) is 1. The molecule has 0 aromatic heterocycles. The van der Waals surface area contributed by atoms with E-state index in [0.717, 1.165) is 0 Å². The molecule has 0 radical (unpaired) electrons. The van der Waals surface area contributed by atoms with Gasteiger partial charge in [0.05, 0.1) is 6.04 Å². The minimum atomic E-state index is -1.04.